The molecule has 120 valence electrons. The van der Waals surface area contributed by atoms with E-state index in [0.717, 1.165) is 23.4 Å². The Kier molecular flexibility index (Phi) is 4.20. The van der Waals surface area contributed by atoms with Gasteiger partial charge in [0.1, 0.15) is 5.82 Å². The van der Waals surface area contributed by atoms with Crippen LogP contribution in [0.5, 0.6) is 0 Å². The topological polar surface area (TPSA) is 107 Å². The van der Waals surface area contributed by atoms with Crippen molar-refractivity contribution in [3.8, 4) is 22.8 Å². The van der Waals surface area contributed by atoms with Crippen molar-refractivity contribution < 1.29 is 4.52 Å². The van der Waals surface area contributed by atoms with Gasteiger partial charge in [-0.2, -0.15) is 10.1 Å². The smallest absolute Gasteiger partial charge is 0.257 e. The summed E-state index contributed by atoms with van der Waals surface area (Å²) in [6.07, 6.45) is 0.822. The highest BCUT2D eigenvalue weighted by atomic mass is 16.5. The molecule has 7 heteroatoms. The molecule has 2 aromatic heterocycles. The molecule has 2 heterocycles. The van der Waals surface area contributed by atoms with Gasteiger partial charge in [-0.25, -0.2) is 4.98 Å². The third-order valence-electron chi connectivity index (χ3n) is 3.49. The third-order valence-corrected chi connectivity index (χ3v) is 3.49. The molecule has 0 amide bonds. The van der Waals surface area contributed by atoms with Crippen LogP contribution in [-0.2, 0) is 0 Å². The summed E-state index contributed by atoms with van der Waals surface area (Å²) < 4.78 is 5.32. The Morgan fingerprint density at radius 1 is 1.13 bits per heavy atom. The van der Waals surface area contributed by atoms with E-state index in [4.69, 9.17) is 10.3 Å². The van der Waals surface area contributed by atoms with Gasteiger partial charge >= 0.3 is 0 Å². The number of benzene rings is 1. The van der Waals surface area contributed by atoms with E-state index in [1.165, 1.54) is 0 Å². The summed E-state index contributed by atoms with van der Waals surface area (Å²) >= 11 is 0. The van der Waals surface area contributed by atoms with E-state index in [1.54, 1.807) is 0 Å². The van der Waals surface area contributed by atoms with Crippen LogP contribution >= 0.6 is 0 Å². The van der Waals surface area contributed by atoms with Crippen LogP contribution in [0, 0.1) is 12.8 Å². The summed E-state index contributed by atoms with van der Waals surface area (Å²) in [4.78, 5) is 8.70. The molecule has 0 saturated heterocycles. The lowest BCUT2D eigenvalue weighted by Crippen LogP contribution is -2.14. The zero-order chi connectivity index (χ0) is 16.4. The molecule has 0 aliphatic heterocycles. The molecule has 23 heavy (non-hydrogen) atoms. The molecule has 3 aromatic rings. The lowest BCUT2D eigenvalue weighted by molar-refractivity contribution is 0.405. The second-order valence-corrected chi connectivity index (χ2v) is 6.02. The fourth-order valence-corrected chi connectivity index (χ4v) is 2.35. The van der Waals surface area contributed by atoms with Gasteiger partial charge in [-0.15, -0.1) is 0 Å². The summed E-state index contributed by atoms with van der Waals surface area (Å²) in [5.74, 6) is 2.94. The van der Waals surface area contributed by atoms with Gasteiger partial charge in [0.05, 0.1) is 6.04 Å². The van der Waals surface area contributed by atoms with E-state index < -0.39 is 0 Å². The molecule has 3 N–H and O–H groups in total. The first-order chi connectivity index (χ1) is 11.0. The number of rotatable bonds is 5. The number of nitrogens with one attached hydrogen (secondary N) is 1. The highest BCUT2D eigenvalue weighted by Crippen LogP contribution is 2.24. The van der Waals surface area contributed by atoms with Crippen LogP contribution in [0.15, 0.2) is 28.8 Å². The van der Waals surface area contributed by atoms with Crippen LogP contribution < -0.4 is 5.73 Å². The molecule has 0 radical (unpaired) electrons. The van der Waals surface area contributed by atoms with Gasteiger partial charge < -0.3 is 10.3 Å². The van der Waals surface area contributed by atoms with Gasteiger partial charge in [-0.3, -0.25) is 5.10 Å². The Morgan fingerprint density at radius 3 is 2.43 bits per heavy atom. The van der Waals surface area contributed by atoms with Gasteiger partial charge in [0.25, 0.3) is 5.89 Å². The summed E-state index contributed by atoms with van der Waals surface area (Å²) in [5.41, 5.74) is 7.85. The Hall–Kier alpha value is -2.54. The number of H-pyrrole nitrogens is 1. The lowest BCUT2D eigenvalue weighted by atomic mass is 10.0. The minimum absolute atomic E-state index is 0.206. The van der Waals surface area contributed by atoms with Crippen molar-refractivity contribution in [3.05, 3.63) is 35.9 Å². The van der Waals surface area contributed by atoms with Crippen LogP contribution in [0.4, 0.5) is 0 Å². The van der Waals surface area contributed by atoms with Gasteiger partial charge in [-0.05, 0) is 31.4 Å². The van der Waals surface area contributed by atoms with E-state index in [0.29, 0.717) is 23.5 Å². The zero-order valence-corrected chi connectivity index (χ0v) is 13.4. The lowest BCUT2D eigenvalue weighted by Gasteiger charge is -2.08. The number of hydrogen-bond acceptors (Lipinski definition) is 6. The van der Waals surface area contributed by atoms with Crippen molar-refractivity contribution in [1.82, 2.24) is 25.3 Å². The molecule has 0 spiro atoms. The maximum absolute atomic E-state index is 6.08. The second-order valence-electron chi connectivity index (χ2n) is 6.02. The van der Waals surface area contributed by atoms with Crippen molar-refractivity contribution in [2.75, 3.05) is 0 Å². The van der Waals surface area contributed by atoms with Crippen molar-refractivity contribution in [2.24, 2.45) is 11.7 Å². The Bertz CT molecular complexity index is 774. The van der Waals surface area contributed by atoms with Crippen LogP contribution in [0.3, 0.4) is 0 Å². The number of nitrogens with two attached hydrogens (primary N) is 1. The van der Waals surface area contributed by atoms with Gasteiger partial charge in [0.15, 0.2) is 11.6 Å². The molecular weight excluding hydrogens is 292 g/mol. The molecule has 1 aromatic carbocycles. The number of aryl methyl sites for hydroxylation is 1. The van der Waals surface area contributed by atoms with E-state index in [-0.39, 0.29) is 6.04 Å². The fourth-order valence-electron chi connectivity index (χ4n) is 2.35. The number of nitrogens with zero attached hydrogens (tertiary/aromatic N) is 4. The Balaban J connectivity index is 1.79. The molecule has 7 nitrogen and oxygen atoms in total. The van der Waals surface area contributed by atoms with Crippen molar-refractivity contribution >= 4 is 0 Å². The third kappa shape index (κ3) is 3.45. The SMILES string of the molecule is Cc1nc(-c2ccc(-c3nc(C(N)CC(C)C)no3)cc2)n[nH]1. The molecule has 3 rings (SSSR count). The normalized spacial score (nSPS) is 12.7. The number of hydrogen-bond donors (Lipinski definition) is 2. The van der Waals surface area contributed by atoms with Crippen LogP contribution in [-0.4, -0.2) is 25.3 Å². The number of aromatic amines is 1. The van der Waals surface area contributed by atoms with Crippen LogP contribution in [0.25, 0.3) is 22.8 Å². The molecule has 0 aliphatic carbocycles. The minimum Gasteiger partial charge on any atom is -0.334 e. The summed E-state index contributed by atoms with van der Waals surface area (Å²) in [7, 11) is 0. The standard InChI is InChI=1S/C16H20N6O/c1-9(2)8-13(17)15-19-16(23-22-15)12-6-4-11(5-7-12)14-18-10(3)20-21-14/h4-7,9,13H,8,17H2,1-3H3,(H,18,20,21). The molecule has 0 aliphatic rings. The summed E-state index contributed by atoms with van der Waals surface area (Å²) in [6, 6.07) is 7.47. The second kappa shape index (κ2) is 6.29. The first-order valence-electron chi connectivity index (χ1n) is 7.62. The number of aromatic nitrogens is 5. The van der Waals surface area contributed by atoms with Crippen LogP contribution in [0.2, 0.25) is 0 Å². The highest BCUT2D eigenvalue weighted by Gasteiger charge is 2.16. The first-order valence-corrected chi connectivity index (χ1v) is 7.62. The maximum Gasteiger partial charge on any atom is 0.257 e. The predicted molar refractivity (Wildman–Crippen MR) is 86.2 cm³/mol. The minimum atomic E-state index is -0.206. The summed E-state index contributed by atoms with van der Waals surface area (Å²) in [5, 5.41) is 11.0. The van der Waals surface area contributed by atoms with Crippen LogP contribution in [0.1, 0.15) is 38.0 Å². The van der Waals surface area contributed by atoms with E-state index >= 15 is 0 Å². The molecule has 0 saturated carbocycles. The highest BCUT2D eigenvalue weighted by molar-refractivity contribution is 5.62. The van der Waals surface area contributed by atoms with E-state index in [9.17, 15) is 0 Å². The van der Waals surface area contributed by atoms with Crippen molar-refractivity contribution in [1.29, 1.82) is 0 Å². The Morgan fingerprint density at radius 2 is 1.83 bits per heavy atom. The average Bonchev–Trinajstić information content (AvgIpc) is 3.16. The monoisotopic (exact) mass is 312 g/mol. The van der Waals surface area contributed by atoms with Gasteiger partial charge in [0, 0.05) is 11.1 Å². The van der Waals surface area contributed by atoms with Gasteiger partial charge in [-0.1, -0.05) is 31.1 Å². The first kappa shape index (κ1) is 15.4. The molecule has 1 atom stereocenters. The van der Waals surface area contributed by atoms with E-state index in [2.05, 4.69) is 39.2 Å². The molecule has 1 unspecified atom stereocenters. The molecular formula is C16H20N6O. The van der Waals surface area contributed by atoms with E-state index in [1.807, 2.05) is 31.2 Å². The molecule has 0 fully saturated rings. The molecule has 0 bridgehead atoms. The predicted octanol–water partition coefficient (Wildman–Crippen LogP) is 2.88. The fraction of sp³-hybridized carbons (Fsp3) is 0.375. The average molecular weight is 312 g/mol. The Labute approximate surface area is 134 Å². The quantitative estimate of drug-likeness (QED) is 0.750. The van der Waals surface area contributed by atoms with Crippen molar-refractivity contribution in [2.45, 2.75) is 33.2 Å². The largest absolute Gasteiger partial charge is 0.334 e. The maximum atomic E-state index is 6.08. The van der Waals surface area contributed by atoms with Crippen molar-refractivity contribution in [3.63, 3.8) is 0 Å². The summed E-state index contributed by atoms with van der Waals surface area (Å²) in [6.45, 7) is 6.10. The van der Waals surface area contributed by atoms with Gasteiger partial charge in [0.2, 0.25) is 0 Å². The zero-order valence-electron chi connectivity index (χ0n) is 13.4.